The van der Waals surface area contributed by atoms with Crippen LogP contribution in [0.3, 0.4) is 0 Å². The quantitative estimate of drug-likeness (QED) is 0.600. The van der Waals surface area contributed by atoms with Crippen LogP contribution in [0.25, 0.3) is 0 Å². The van der Waals surface area contributed by atoms with E-state index in [2.05, 4.69) is 44.9 Å². The van der Waals surface area contributed by atoms with Crippen molar-refractivity contribution in [3.8, 4) is 12.0 Å². The monoisotopic (exact) mass is 216 g/mol. The minimum absolute atomic E-state index is 0.207. The van der Waals surface area contributed by atoms with Crippen LogP contribution in [0.4, 0.5) is 0 Å². The van der Waals surface area contributed by atoms with Crippen molar-refractivity contribution in [1.82, 2.24) is 0 Å². The standard InChI is InChI=1S/C15H20O/c1-11-9-14(10-12(2)13(11)3)7-8-16-15(4,5)6/h9-10H,1-6H3. The predicted octanol–water partition coefficient (Wildman–Crippen LogP) is 3.74. The maximum absolute atomic E-state index is 5.38. The topological polar surface area (TPSA) is 9.23 Å². The Bertz CT molecular complexity index is 416. The lowest BCUT2D eigenvalue weighted by Gasteiger charge is -2.14. The van der Waals surface area contributed by atoms with Gasteiger partial charge in [0.2, 0.25) is 0 Å². The number of aryl methyl sites for hydroxylation is 2. The molecule has 0 aliphatic rings. The average Bonchev–Trinajstić information content (AvgIpc) is 2.12. The molecule has 1 heteroatoms. The summed E-state index contributed by atoms with van der Waals surface area (Å²) in [4.78, 5) is 0. The third kappa shape index (κ3) is 3.62. The van der Waals surface area contributed by atoms with Gasteiger partial charge in [0, 0.05) is 5.56 Å². The van der Waals surface area contributed by atoms with Crippen LogP contribution in [0.1, 0.15) is 43.0 Å². The molecular formula is C15H20O. The molecule has 86 valence electrons. The van der Waals surface area contributed by atoms with Gasteiger partial charge < -0.3 is 4.74 Å². The molecule has 1 aromatic carbocycles. The summed E-state index contributed by atoms with van der Waals surface area (Å²) in [5.41, 5.74) is 4.70. The van der Waals surface area contributed by atoms with E-state index in [1.807, 2.05) is 20.8 Å². The maximum atomic E-state index is 5.38. The van der Waals surface area contributed by atoms with E-state index in [0.717, 1.165) is 5.56 Å². The van der Waals surface area contributed by atoms with Crippen LogP contribution in [0.15, 0.2) is 12.1 Å². The van der Waals surface area contributed by atoms with E-state index in [-0.39, 0.29) is 5.60 Å². The second-order valence-corrected chi connectivity index (χ2v) is 5.18. The Balaban J connectivity index is 2.91. The van der Waals surface area contributed by atoms with Gasteiger partial charge in [-0.1, -0.05) is 0 Å². The summed E-state index contributed by atoms with van der Waals surface area (Å²) >= 11 is 0. The lowest BCUT2D eigenvalue weighted by atomic mass is 10.0. The van der Waals surface area contributed by atoms with E-state index in [1.54, 1.807) is 0 Å². The van der Waals surface area contributed by atoms with Gasteiger partial charge in [0.1, 0.15) is 11.7 Å². The summed E-state index contributed by atoms with van der Waals surface area (Å²) in [5, 5.41) is 0. The van der Waals surface area contributed by atoms with E-state index >= 15 is 0 Å². The van der Waals surface area contributed by atoms with Gasteiger partial charge in [0.25, 0.3) is 0 Å². The smallest absolute Gasteiger partial charge is 0.116 e. The highest BCUT2D eigenvalue weighted by Gasteiger charge is 2.08. The molecule has 1 aromatic rings. The molecule has 0 saturated carbocycles. The zero-order valence-electron chi connectivity index (χ0n) is 11.1. The zero-order valence-corrected chi connectivity index (χ0v) is 11.1. The van der Waals surface area contributed by atoms with Crippen molar-refractivity contribution in [1.29, 1.82) is 0 Å². The Morgan fingerprint density at radius 3 is 1.94 bits per heavy atom. The Morgan fingerprint density at radius 1 is 1.00 bits per heavy atom. The van der Waals surface area contributed by atoms with Gasteiger partial charge in [-0.2, -0.15) is 0 Å². The summed E-state index contributed by atoms with van der Waals surface area (Å²) in [5.74, 6) is 3.04. The molecule has 0 N–H and O–H groups in total. The minimum atomic E-state index is -0.207. The van der Waals surface area contributed by atoms with Gasteiger partial charge in [-0.3, -0.25) is 0 Å². The summed E-state index contributed by atoms with van der Waals surface area (Å²) in [6, 6.07) is 4.20. The highest BCUT2D eigenvalue weighted by Crippen LogP contribution is 2.14. The van der Waals surface area contributed by atoms with E-state index in [9.17, 15) is 0 Å². The second kappa shape index (κ2) is 4.61. The van der Waals surface area contributed by atoms with Crippen LogP contribution in [-0.4, -0.2) is 5.60 Å². The van der Waals surface area contributed by atoms with E-state index in [0.29, 0.717) is 0 Å². The summed E-state index contributed by atoms with van der Waals surface area (Å²) in [7, 11) is 0. The van der Waals surface area contributed by atoms with Crippen molar-refractivity contribution in [2.75, 3.05) is 0 Å². The van der Waals surface area contributed by atoms with Gasteiger partial charge in [-0.15, -0.1) is 0 Å². The lowest BCUT2D eigenvalue weighted by molar-refractivity contribution is 0.0963. The first-order chi connectivity index (χ1) is 7.29. The van der Waals surface area contributed by atoms with Crippen molar-refractivity contribution in [3.63, 3.8) is 0 Å². The molecule has 16 heavy (non-hydrogen) atoms. The van der Waals surface area contributed by atoms with Crippen LogP contribution < -0.4 is 0 Å². The molecule has 1 rings (SSSR count). The van der Waals surface area contributed by atoms with Crippen molar-refractivity contribution in [3.05, 3.63) is 34.4 Å². The summed E-state index contributed by atoms with van der Waals surface area (Å²) < 4.78 is 5.38. The molecule has 0 bridgehead atoms. The minimum Gasteiger partial charge on any atom is -0.441 e. The van der Waals surface area contributed by atoms with Crippen LogP contribution >= 0.6 is 0 Å². The first-order valence-electron chi connectivity index (χ1n) is 5.56. The second-order valence-electron chi connectivity index (χ2n) is 5.18. The fourth-order valence-corrected chi connectivity index (χ4v) is 1.35. The number of rotatable bonds is 0. The zero-order chi connectivity index (χ0) is 12.3. The van der Waals surface area contributed by atoms with E-state index in [4.69, 9.17) is 4.74 Å². The van der Waals surface area contributed by atoms with E-state index in [1.165, 1.54) is 16.7 Å². The molecule has 0 amide bonds. The fourth-order valence-electron chi connectivity index (χ4n) is 1.35. The van der Waals surface area contributed by atoms with Crippen molar-refractivity contribution in [2.45, 2.75) is 47.1 Å². The maximum Gasteiger partial charge on any atom is 0.116 e. The molecule has 1 nitrogen and oxygen atoms in total. The summed E-state index contributed by atoms with van der Waals surface area (Å²) in [6.07, 6.45) is 2.77. The molecule has 0 spiro atoms. The largest absolute Gasteiger partial charge is 0.441 e. The number of hydrogen-bond donors (Lipinski definition) is 0. The van der Waals surface area contributed by atoms with Crippen molar-refractivity contribution < 1.29 is 4.74 Å². The molecule has 0 aromatic heterocycles. The normalized spacial score (nSPS) is 10.6. The molecule has 0 atom stereocenters. The number of ether oxygens (including phenoxy) is 1. The van der Waals surface area contributed by atoms with Crippen LogP contribution in [0.5, 0.6) is 0 Å². The predicted molar refractivity (Wildman–Crippen MR) is 68.4 cm³/mol. The highest BCUT2D eigenvalue weighted by atomic mass is 16.5. The van der Waals surface area contributed by atoms with Crippen LogP contribution in [0.2, 0.25) is 0 Å². The molecule has 0 aliphatic carbocycles. The first kappa shape index (κ1) is 12.6. The Morgan fingerprint density at radius 2 is 1.50 bits per heavy atom. The van der Waals surface area contributed by atoms with Crippen LogP contribution in [-0.2, 0) is 4.74 Å². The van der Waals surface area contributed by atoms with Crippen LogP contribution in [0, 0.1) is 32.8 Å². The van der Waals surface area contributed by atoms with Crippen molar-refractivity contribution in [2.24, 2.45) is 0 Å². The molecule has 0 heterocycles. The highest BCUT2D eigenvalue weighted by molar-refractivity contribution is 5.43. The lowest BCUT2D eigenvalue weighted by Crippen LogP contribution is -2.15. The molecule has 0 saturated heterocycles. The Kier molecular flexibility index (Phi) is 3.65. The fraction of sp³-hybridized carbons (Fsp3) is 0.467. The third-order valence-electron chi connectivity index (χ3n) is 2.48. The molecule has 0 aliphatic heterocycles. The molecule has 0 unspecified atom stereocenters. The Labute approximate surface area is 98.8 Å². The van der Waals surface area contributed by atoms with Gasteiger partial charge in [-0.05, 0) is 76.3 Å². The number of benzene rings is 1. The van der Waals surface area contributed by atoms with Gasteiger partial charge >= 0.3 is 0 Å². The van der Waals surface area contributed by atoms with E-state index < -0.39 is 0 Å². The van der Waals surface area contributed by atoms with Gasteiger partial charge in [-0.25, -0.2) is 0 Å². The molecular weight excluding hydrogens is 196 g/mol. The molecule has 0 radical (unpaired) electrons. The van der Waals surface area contributed by atoms with Gasteiger partial charge in [0.15, 0.2) is 0 Å². The summed E-state index contributed by atoms with van der Waals surface area (Å²) in [6.45, 7) is 12.3. The third-order valence-corrected chi connectivity index (χ3v) is 2.48. The van der Waals surface area contributed by atoms with Gasteiger partial charge in [0.05, 0.1) is 0 Å². The average molecular weight is 216 g/mol. The SMILES string of the molecule is Cc1cc(C#COC(C)(C)C)cc(C)c1C. The molecule has 0 fully saturated rings. The number of hydrogen-bond acceptors (Lipinski definition) is 1. The Hall–Kier alpha value is -1.42. The van der Waals surface area contributed by atoms with Crippen molar-refractivity contribution >= 4 is 0 Å². The first-order valence-corrected chi connectivity index (χ1v) is 5.56.